The second-order valence-electron chi connectivity index (χ2n) is 7.48. The highest BCUT2D eigenvalue weighted by molar-refractivity contribution is 7.89. The molecule has 12 heteroatoms. The van der Waals surface area contributed by atoms with E-state index in [2.05, 4.69) is 15.2 Å². The number of aryl methyl sites for hydroxylation is 2. The van der Waals surface area contributed by atoms with Gasteiger partial charge in [0.2, 0.25) is 10.0 Å². The van der Waals surface area contributed by atoms with Crippen molar-refractivity contribution in [3.05, 3.63) is 34.9 Å². The first kappa shape index (κ1) is 20.8. The predicted octanol–water partition coefficient (Wildman–Crippen LogP) is 3.16. The number of fused-ring (bicyclic) bond motifs is 1. The zero-order chi connectivity index (χ0) is 21.8. The van der Waals surface area contributed by atoms with E-state index in [4.69, 9.17) is 4.52 Å². The van der Waals surface area contributed by atoms with Gasteiger partial charge in [-0.15, -0.1) is 0 Å². The van der Waals surface area contributed by atoms with Crippen molar-refractivity contribution in [2.24, 2.45) is 7.05 Å². The van der Waals surface area contributed by atoms with Gasteiger partial charge in [0.05, 0.1) is 28.5 Å². The lowest BCUT2D eigenvalue weighted by Gasteiger charge is -2.31. The van der Waals surface area contributed by atoms with Crippen LogP contribution in [0.4, 0.5) is 13.2 Å². The van der Waals surface area contributed by atoms with Crippen molar-refractivity contribution < 1.29 is 26.1 Å². The van der Waals surface area contributed by atoms with E-state index in [9.17, 15) is 21.6 Å². The van der Waals surface area contributed by atoms with Crippen molar-refractivity contribution in [2.75, 3.05) is 13.1 Å². The van der Waals surface area contributed by atoms with Gasteiger partial charge in [-0.25, -0.2) is 13.4 Å². The van der Waals surface area contributed by atoms with Gasteiger partial charge in [-0.3, -0.25) is 4.68 Å². The molecule has 1 fully saturated rings. The minimum atomic E-state index is -4.61. The molecule has 1 atom stereocenters. The number of halogens is 3. The zero-order valence-electron chi connectivity index (χ0n) is 16.6. The molecular weight excluding hydrogens is 423 g/mol. The summed E-state index contributed by atoms with van der Waals surface area (Å²) in [6.07, 6.45) is -2.35. The third kappa shape index (κ3) is 3.37. The van der Waals surface area contributed by atoms with E-state index < -0.39 is 27.7 Å². The summed E-state index contributed by atoms with van der Waals surface area (Å²) < 4.78 is 75.0. The molecular formula is C18H20F3N5O3S. The molecule has 3 aromatic rings. The quantitative estimate of drug-likeness (QED) is 0.617. The molecule has 0 aromatic carbocycles. The van der Waals surface area contributed by atoms with E-state index in [1.807, 2.05) is 0 Å². The molecule has 1 saturated heterocycles. The molecule has 4 rings (SSSR count). The molecule has 30 heavy (non-hydrogen) atoms. The lowest BCUT2D eigenvalue weighted by molar-refractivity contribution is -0.136. The van der Waals surface area contributed by atoms with E-state index >= 15 is 0 Å². The molecule has 0 N–H and O–H groups in total. The van der Waals surface area contributed by atoms with E-state index in [-0.39, 0.29) is 40.5 Å². The average Bonchev–Trinajstić information content (AvgIpc) is 3.24. The number of rotatable bonds is 3. The number of pyridine rings is 1. The van der Waals surface area contributed by atoms with Crippen LogP contribution < -0.4 is 0 Å². The number of hydrogen-bond donors (Lipinski definition) is 0. The Bertz CT molecular complexity index is 1220. The molecule has 0 radical (unpaired) electrons. The summed E-state index contributed by atoms with van der Waals surface area (Å²) in [7, 11) is -2.20. The number of nitrogens with zero attached hydrogens (tertiary/aromatic N) is 5. The Morgan fingerprint density at radius 1 is 1.27 bits per heavy atom. The SMILES string of the molecule is Cc1cc(C(F)(F)F)c2c(C3CCCN(S(=O)(=O)c4cnn(C)c4C)C3)noc2n1. The molecule has 0 spiro atoms. The summed E-state index contributed by atoms with van der Waals surface area (Å²) in [5, 5.41) is 7.65. The third-order valence-corrected chi connectivity index (χ3v) is 7.45. The Labute approximate surface area is 170 Å². The molecule has 162 valence electrons. The van der Waals surface area contributed by atoms with Crippen LogP contribution in [0.3, 0.4) is 0 Å². The van der Waals surface area contributed by atoms with E-state index in [1.165, 1.54) is 22.1 Å². The van der Waals surface area contributed by atoms with Gasteiger partial charge in [0.15, 0.2) is 0 Å². The minimum Gasteiger partial charge on any atom is -0.336 e. The molecule has 8 nitrogen and oxygen atoms in total. The van der Waals surface area contributed by atoms with Gasteiger partial charge >= 0.3 is 6.18 Å². The van der Waals surface area contributed by atoms with Gasteiger partial charge in [-0.1, -0.05) is 5.16 Å². The van der Waals surface area contributed by atoms with Crippen molar-refractivity contribution in [2.45, 2.75) is 43.7 Å². The Hall–Kier alpha value is -2.47. The van der Waals surface area contributed by atoms with Gasteiger partial charge < -0.3 is 4.52 Å². The number of aromatic nitrogens is 4. The first-order valence-electron chi connectivity index (χ1n) is 9.33. The topological polar surface area (TPSA) is 94.1 Å². The summed E-state index contributed by atoms with van der Waals surface area (Å²) in [5.74, 6) is -0.544. The maximum atomic E-state index is 13.6. The Balaban J connectivity index is 1.74. The van der Waals surface area contributed by atoms with Crippen molar-refractivity contribution in [3.63, 3.8) is 0 Å². The van der Waals surface area contributed by atoms with Crippen LogP contribution in [0.25, 0.3) is 11.1 Å². The van der Waals surface area contributed by atoms with Crippen molar-refractivity contribution in [1.29, 1.82) is 0 Å². The summed E-state index contributed by atoms with van der Waals surface area (Å²) >= 11 is 0. The fourth-order valence-electron chi connectivity index (χ4n) is 3.85. The molecule has 1 unspecified atom stereocenters. The van der Waals surface area contributed by atoms with E-state index in [0.717, 1.165) is 6.07 Å². The highest BCUT2D eigenvalue weighted by Crippen LogP contribution is 2.40. The second-order valence-corrected chi connectivity index (χ2v) is 9.38. The summed E-state index contributed by atoms with van der Waals surface area (Å²) in [4.78, 5) is 4.11. The van der Waals surface area contributed by atoms with Gasteiger partial charge in [0.25, 0.3) is 5.71 Å². The summed E-state index contributed by atoms with van der Waals surface area (Å²) in [6.45, 7) is 3.37. The van der Waals surface area contributed by atoms with Gasteiger partial charge in [-0.2, -0.15) is 22.6 Å². The number of alkyl halides is 3. The van der Waals surface area contributed by atoms with Crippen LogP contribution in [0.2, 0.25) is 0 Å². The molecule has 0 aliphatic carbocycles. The van der Waals surface area contributed by atoms with Crippen LogP contribution in [0.1, 0.15) is 41.4 Å². The molecule has 0 saturated carbocycles. The average molecular weight is 443 g/mol. The number of hydrogen-bond acceptors (Lipinski definition) is 6. The van der Waals surface area contributed by atoms with Crippen LogP contribution in [-0.2, 0) is 23.2 Å². The maximum Gasteiger partial charge on any atom is 0.417 e. The monoisotopic (exact) mass is 443 g/mol. The third-order valence-electron chi connectivity index (χ3n) is 5.49. The van der Waals surface area contributed by atoms with Crippen LogP contribution in [-0.4, -0.2) is 45.7 Å². The van der Waals surface area contributed by atoms with Crippen molar-refractivity contribution in [3.8, 4) is 0 Å². The van der Waals surface area contributed by atoms with Crippen molar-refractivity contribution in [1.82, 2.24) is 24.2 Å². The molecule has 0 amide bonds. The highest BCUT2D eigenvalue weighted by Gasteiger charge is 2.39. The van der Waals surface area contributed by atoms with Crippen molar-refractivity contribution >= 4 is 21.1 Å². The van der Waals surface area contributed by atoms with Crippen LogP contribution in [0, 0.1) is 13.8 Å². The Morgan fingerprint density at radius 3 is 2.63 bits per heavy atom. The van der Waals surface area contributed by atoms with Crippen LogP contribution in [0.15, 0.2) is 21.7 Å². The highest BCUT2D eigenvalue weighted by atomic mass is 32.2. The molecule has 4 heterocycles. The molecule has 1 aliphatic heterocycles. The fraction of sp³-hybridized carbons (Fsp3) is 0.500. The largest absolute Gasteiger partial charge is 0.417 e. The summed E-state index contributed by atoms with van der Waals surface area (Å²) in [5.41, 5.74) is -0.321. The smallest absolute Gasteiger partial charge is 0.336 e. The standard InChI is InChI=1S/C18H20F3N5O3S/c1-10-7-13(18(19,20)21)15-16(24-29-17(15)23-10)12-5-4-6-26(9-12)30(27,28)14-8-22-25(3)11(14)2/h7-8,12H,4-6,9H2,1-3H3. The number of sulfonamides is 1. The van der Waals surface area contributed by atoms with Gasteiger partial charge in [-0.05, 0) is 32.8 Å². The first-order valence-corrected chi connectivity index (χ1v) is 10.8. The lowest BCUT2D eigenvalue weighted by Crippen LogP contribution is -2.39. The van der Waals surface area contributed by atoms with E-state index in [1.54, 1.807) is 14.0 Å². The fourth-order valence-corrected chi connectivity index (χ4v) is 5.56. The molecule has 0 bridgehead atoms. The van der Waals surface area contributed by atoms with Crippen LogP contribution in [0.5, 0.6) is 0 Å². The number of piperidine rings is 1. The minimum absolute atomic E-state index is 0.00345. The lowest BCUT2D eigenvalue weighted by atomic mass is 9.93. The summed E-state index contributed by atoms with van der Waals surface area (Å²) in [6, 6.07) is 0.958. The Kier molecular flexibility index (Phi) is 4.88. The normalized spacial score (nSPS) is 18.9. The second kappa shape index (κ2) is 7.05. The Morgan fingerprint density at radius 2 is 2.00 bits per heavy atom. The predicted molar refractivity (Wildman–Crippen MR) is 100 cm³/mol. The van der Waals surface area contributed by atoms with Gasteiger partial charge in [0.1, 0.15) is 4.90 Å². The molecule has 3 aromatic heterocycles. The van der Waals surface area contributed by atoms with E-state index in [0.29, 0.717) is 18.5 Å². The first-order chi connectivity index (χ1) is 14.0. The van der Waals surface area contributed by atoms with Crippen LogP contribution >= 0.6 is 0 Å². The maximum absolute atomic E-state index is 13.6. The van der Waals surface area contributed by atoms with Gasteiger partial charge in [0, 0.05) is 31.7 Å². The zero-order valence-corrected chi connectivity index (χ0v) is 17.4. The molecule has 1 aliphatic rings.